The molecule has 0 bridgehead atoms. The molecule has 3 aromatic heterocycles. The van der Waals surface area contributed by atoms with Gasteiger partial charge in [0.15, 0.2) is 17.0 Å². The molecule has 1 aliphatic heterocycles. The first-order valence-corrected chi connectivity index (χ1v) is 8.60. The smallest absolute Gasteiger partial charge is 0.249 e. The highest BCUT2D eigenvalue weighted by Gasteiger charge is 2.22. The predicted molar refractivity (Wildman–Crippen MR) is 98.7 cm³/mol. The predicted octanol–water partition coefficient (Wildman–Crippen LogP) is 0.488. The van der Waals surface area contributed by atoms with Crippen LogP contribution in [0.15, 0.2) is 35.6 Å². The molecule has 0 amide bonds. The molecule has 9 nitrogen and oxygen atoms in total. The van der Waals surface area contributed by atoms with Crippen molar-refractivity contribution in [3.63, 3.8) is 0 Å². The van der Waals surface area contributed by atoms with Crippen LogP contribution in [0.1, 0.15) is 0 Å². The van der Waals surface area contributed by atoms with Crippen LogP contribution in [0, 0.1) is 0 Å². The van der Waals surface area contributed by atoms with E-state index in [1.54, 1.807) is 25.8 Å². The Bertz CT molecular complexity index is 943. The lowest BCUT2D eigenvalue weighted by Crippen LogP contribution is -2.47. The van der Waals surface area contributed by atoms with Gasteiger partial charge in [0.1, 0.15) is 12.1 Å². The minimum Gasteiger partial charge on any atom is -0.383 e. The van der Waals surface area contributed by atoms with Gasteiger partial charge in [0.2, 0.25) is 5.56 Å². The standard InChI is InChI=1S/C17H21N7O2/c1-26-10-9-24-12-20-15-16(18-11-19-17(15)24)23-7-5-22(6-8-23)13-3-2-4-14(25)21-13/h2-4,11-12H,5-10H2,1H3,(H,21,25). The monoisotopic (exact) mass is 355 g/mol. The van der Waals surface area contributed by atoms with Crippen molar-refractivity contribution in [2.24, 2.45) is 0 Å². The van der Waals surface area contributed by atoms with Gasteiger partial charge in [-0.15, -0.1) is 0 Å². The number of methoxy groups -OCH3 is 1. The minimum absolute atomic E-state index is 0.0796. The molecule has 0 saturated carbocycles. The Kier molecular flexibility index (Phi) is 4.53. The summed E-state index contributed by atoms with van der Waals surface area (Å²) in [5.41, 5.74) is 1.55. The fourth-order valence-corrected chi connectivity index (χ4v) is 3.23. The van der Waals surface area contributed by atoms with E-state index in [0.29, 0.717) is 13.2 Å². The van der Waals surface area contributed by atoms with Gasteiger partial charge in [0.25, 0.3) is 0 Å². The SMILES string of the molecule is COCCn1cnc2c(N3CCN(c4cccc(=O)[nH]4)CC3)ncnc21. The number of fused-ring (bicyclic) bond motifs is 1. The molecule has 0 aromatic carbocycles. The highest BCUT2D eigenvalue weighted by molar-refractivity contribution is 5.83. The lowest BCUT2D eigenvalue weighted by molar-refractivity contribution is 0.188. The van der Waals surface area contributed by atoms with Crippen LogP contribution < -0.4 is 15.4 Å². The van der Waals surface area contributed by atoms with Crippen LogP contribution in [-0.4, -0.2) is 64.4 Å². The van der Waals surface area contributed by atoms with E-state index >= 15 is 0 Å². The maximum atomic E-state index is 11.5. The summed E-state index contributed by atoms with van der Waals surface area (Å²) in [6, 6.07) is 5.23. The van der Waals surface area contributed by atoms with E-state index in [4.69, 9.17) is 4.74 Å². The molecule has 136 valence electrons. The number of pyridine rings is 1. The van der Waals surface area contributed by atoms with E-state index in [0.717, 1.165) is 49.0 Å². The average Bonchev–Trinajstić information content (AvgIpc) is 3.10. The van der Waals surface area contributed by atoms with Crippen molar-refractivity contribution in [1.82, 2.24) is 24.5 Å². The van der Waals surface area contributed by atoms with Gasteiger partial charge in [-0.2, -0.15) is 0 Å². The molecule has 3 aromatic rings. The number of ether oxygens (including phenoxy) is 1. The molecule has 0 aliphatic carbocycles. The number of hydrogen-bond acceptors (Lipinski definition) is 7. The summed E-state index contributed by atoms with van der Waals surface area (Å²) < 4.78 is 7.12. The molecule has 26 heavy (non-hydrogen) atoms. The van der Waals surface area contributed by atoms with Gasteiger partial charge in [0.05, 0.1) is 12.9 Å². The van der Waals surface area contributed by atoms with Gasteiger partial charge in [0, 0.05) is 45.9 Å². The molecule has 4 rings (SSSR count). The van der Waals surface area contributed by atoms with Gasteiger partial charge >= 0.3 is 0 Å². The number of anilines is 2. The van der Waals surface area contributed by atoms with Crippen LogP contribution in [0.25, 0.3) is 11.2 Å². The fraction of sp³-hybridized carbons (Fsp3) is 0.412. The molecule has 0 unspecified atom stereocenters. The van der Waals surface area contributed by atoms with E-state index in [-0.39, 0.29) is 5.56 Å². The van der Waals surface area contributed by atoms with E-state index in [9.17, 15) is 4.79 Å². The van der Waals surface area contributed by atoms with Crippen molar-refractivity contribution < 1.29 is 4.74 Å². The van der Waals surface area contributed by atoms with Crippen LogP contribution in [0.3, 0.4) is 0 Å². The zero-order valence-electron chi connectivity index (χ0n) is 14.6. The van der Waals surface area contributed by atoms with E-state index in [2.05, 4.69) is 29.7 Å². The Labute approximate surface area is 150 Å². The molecule has 1 aliphatic rings. The topological polar surface area (TPSA) is 92.2 Å². The van der Waals surface area contributed by atoms with Crippen molar-refractivity contribution in [3.8, 4) is 0 Å². The van der Waals surface area contributed by atoms with Gasteiger partial charge in [-0.05, 0) is 6.07 Å². The second kappa shape index (κ2) is 7.12. The maximum Gasteiger partial charge on any atom is 0.249 e. The van der Waals surface area contributed by atoms with Crippen molar-refractivity contribution >= 4 is 22.8 Å². The van der Waals surface area contributed by atoms with Crippen molar-refractivity contribution in [2.75, 3.05) is 49.7 Å². The average molecular weight is 355 g/mol. The quantitative estimate of drug-likeness (QED) is 0.712. The summed E-state index contributed by atoms with van der Waals surface area (Å²) >= 11 is 0. The third-order valence-electron chi connectivity index (χ3n) is 4.59. The number of H-pyrrole nitrogens is 1. The third-order valence-corrected chi connectivity index (χ3v) is 4.59. The number of hydrogen-bond donors (Lipinski definition) is 1. The van der Waals surface area contributed by atoms with Crippen molar-refractivity contribution in [2.45, 2.75) is 6.54 Å². The van der Waals surface area contributed by atoms with Gasteiger partial charge in [-0.3, -0.25) is 4.79 Å². The number of nitrogens with zero attached hydrogens (tertiary/aromatic N) is 6. The molecule has 0 radical (unpaired) electrons. The molecular formula is C17H21N7O2. The highest BCUT2D eigenvalue weighted by Crippen LogP contribution is 2.23. The Morgan fingerprint density at radius 2 is 1.92 bits per heavy atom. The summed E-state index contributed by atoms with van der Waals surface area (Å²) in [6.45, 7) is 4.52. The second-order valence-electron chi connectivity index (χ2n) is 6.17. The summed E-state index contributed by atoms with van der Waals surface area (Å²) in [5.74, 6) is 1.71. The van der Waals surface area contributed by atoms with Crippen LogP contribution in [0.4, 0.5) is 11.6 Å². The van der Waals surface area contributed by atoms with Gasteiger partial charge in [-0.25, -0.2) is 15.0 Å². The number of imidazole rings is 1. The number of piperazine rings is 1. The van der Waals surface area contributed by atoms with Gasteiger partial charge in [-0.1, -0.05) is 6.07 Å². The molecule has 1 saturated heterocycles. The summed E-state index contributed by atoms with van der Waals surface area (Å²) in [5, 5.41) is 0. The largest absolute Gasteiger partial charge is 0.383 e. The Hall–Kier alpha value is -2.94. The fourth-order valence-electron chi connectivity index (χ4n) is 3.23. The first kappa shape index (κ1) is 16.5. The summed E-state index contributed by atoms with van der Waals surface area (Å²) in [6.07, 6.45) is 3.37. The first-order valence-electron chi connectivity index (χ1n) is 8.60. The Morgan fingerprint density at radius 1 is 1.12 bits per heavy atom. The first-order chi connectivity index (χ1) is 12.8. The van der Waals surface area contributed by atoms with Crippen LogP contribution in [-0.2, 0) is 11.3 Å². The van der Waals surface area contributed by atoms with E-state index in [1.807, 2.05) is 10.6 Å². The normalized spacial score (nSPS) is 15.0. The summed E-state index contributed by atoms with van der Waals surface area (Å²) in [7, 11) is 1.68. The van der Waals surface area contributed by atoms with Gasteiger partial charge < -0.3 is 24.1 Å². The van der Waals surface area contributed by atoms with Crippen LogP contribution in [0.2, 0.25) is 0 Å². The van der Waals surface area contributed by atoms with E-state index < -0.39 is 0 Å². The number of aromatic nitrogens is 5. The van der Waals surface area contributed by atoms with Crippen molar-refractivity contribution in [1.29, 1.82) is 0 Å². The number of nitrogens with one attached hydrogen (secondary N) is 1. The molecule has 4 heterocycles. The lowest BCUT2D eigenvalue weighted by Gasteiger charge is -2.36. The molecule has 9 heteroatoms. The second-order valence-corrected chi connectivity index (χ2v) is 6.17. The van der Waals surface area contributed by atoms with Crippen molar-refractivity contribution in [3.05, 3.63) is 41.2 Å². The summed E-state index contributed by atoms with van der Waals surface area (Å²) in [4.78, 5) is 32.1. The number of rotatable bonds is 5. The Morgan fingerprint density at radius 3 is 2.69 bits per heavy atom. The van der Waals surface area contributed by atoms with Crippen LogP contribution in [0.5, 0.6) is 0 Å². The lowest BCUT2D eigenvalue weighted by atomic mass is 10.3. The zero-order chi connectivity index (χ0) is 17.9. The highest BCUT2D eigenvalue weighted by atomic mass is 16.5. The maximum absolute atomic E-state index is 11.5. The molecule has 0 spiro atoms. The van der Waals surface area contributed by atoms with E-state index in [1.165, 1.54) is 6.07 Å². The molecular weight excluding hydrogens is 334 g/mol. The van der Waals surface area contributed by atoms with Crippen LogP contribution >= 0.6 is 0 Å². The third kappa shape index (κ3) is 3.13. The number of aromatic amines is 1. The molecule has 1 N–H and O–H groups in total. The Balaban J connectivity index is 1.52. The molecule has 0 atom stereocenters. The molecule has 1 fully saturated rings. The minimum atomic E-state index is -0.0796. The zero-order valence-corrected chi connectivity index (χ0v) is 14.6.